The second kappa shape index (κ2) is 13.8. The predicted molar refractivity (Wildman–Crippen MR) is 144 cm³/mol. The highest BCUT2D eigenvalue weighted by Crippen LogP contribution is 2.26. The normalized spacial score (nSPS) is 11.3. The van der Waals surface area contributed by atoms with E-state index in [0.717, 1.165) is 22.3 Å². The van der Waals surface area contributed by atoms with E-state index in [1.54, 1.807) is 12.1 Å². The molecule has 0 saturated carbocycles. The summed E-state index contributed by atoms with van der Waals surface area (Å²) in [5, 5.41) is 15.8. The summed E-state index contributed by atoms with van der Waals surface area (Å²) in [7, 11) is 1.49. The number of ether oxygens (including phenoxy) is 1. The fraction of sp³-hybridized carbons (Fsp3) is 0.276. The fourth-order valence-electron chi connectivity index (χ4n) is 3.93. The van der Waals surface area contributed by atoms with Crippen molar-refractivity contribution in [1.29, 1.82) is 5.41 Å². The molecular formula is C29H33FN4O3. The Hall–Kier alpha value is -4.20. The predicted octanol–water partition coefficient (Wildman–Crippen LogP) is 4.40. The van der Waals surface area contributed by atoms with Crippen LogP contribution in [-0.2, 0) is 11.3 Å². The molecule has 3 aromatic carbocycles. The first-order chi connectivity index (χ1) is 17.9. The van der Waals surface area contributed by atoms with Gasteiger partial charge in [-0.2, -0.15) is 0 Å². The molecule has 0 spiro atoms. The molecule has 8 heteroatoms. The number of benzene rings is 3. The molecule has 7 nitrogen and oxygen atoms in total. The molecule has 194 valence electrons. The highest BCUT2D eigenvalue weighted by atomic mass is 19.1. The van der Waals surface area contributed by atoms with Gasteiger partial charge in [0.05, 0.1) is 12.7 Å². The Bertz CT molecular complexity index is 1220. The van der Waals surface area contributed by atoms with Crippen molar-refractivity contribution in [2.24, 2.45) is 0 Å². The van der Waals surface area contributed by atoms with Gasteiger partial charge in [0.15, 0.2) is 0 Å². The Morgan fingerprint density at radius 1 is 0.973 bits per heavy atom. The summed E-state index contributed by atoms with van der Waals surface area (Å²) < 4.78 is 18.0. The molecular weight excluding hydrogens is 471 g/mol. The molecule has 0 aliphatic rings. The van der Waals surface area contributed by atoms with Crippen LogP contribution in [0.4, 0.5) is 4.39 Å². The molecule has 2 amide bonds. The number of alkyl halides is 1. The van der Waals surface area contributed by atoms with Crippen LogP contribution in [0.1, 0.15) is 34.3 Å². The van der Waals surface area contributed by atoms with Gasteiger partial charge in [-0.25, -0.2) is 4.39 Å². The Kier molecular flexibility index (Phi) is 10.2. The third kappa shape index (κ3) is 8.17. The van der Waals surface area contributed by atoms with Crippen LogP contribution in [0.2, 0.25) is 0 Å². The molecule has 0 aliphatic heterocycles. The summed E-state index contributed by atoms with van der Waals surface area (Å²) in [6, 6.07) is 22.0. The lowest BCUT2D eigenvalue weighted by Gasteiger charge is -2.20. The number of hydrogen-bond donors (Lipinski definition) is 4. The molecule has 3 aromatic rings. The third-order valence-electron chi connectivity index (χ3n) is 5.86. The summed E-state index contributed by atoms with van der Waals surface area (Å²) in [5.74, 6) is -0.579. The van der Waals surface area contributed by atoms with E-state index in [9.17, 15) is 14.0 Å². The molecule has 0 aliphatic carbocycles. The maximum atomic E-state index is 13.4. The molecule has 0 fully saturated rings. The van der Waals surface area contributed by atoms with Crippen molar-refractivity contribution in [3.05, 3.63) is 89.5 Å². The number of carbonyl (C=O) groups is 2. The number of rotatable bonds is 12. The van der Waals surface area contributed by atoms with Gasteiger partial charge in [0.2, 0.25) is 5.91 Å². The van der Waals surface area contributed by atoms with Crippen molar-refractivity contribution in [1.82, 2.24) is 16.0 Å². The average Bonchev–Trinajstić information content (AvgIpc) is 2.93. The summed E-state index contributed by atoms with van der Waals surface area (Å²) in [5.41, 5.74) is 4.16. The van der Waals surface area contributed by atoms with Crippen molar-refractivity contribution in [3.63, 3.8) is 0 Å². The minimum atomic E-state index is -0.880. The second-order valence-corrected chi connectivity index (χ2v) is 8.70. The number of methoxy groups -OCH3 is 1. The van der Waals surface area contributed by atoms with Gasteiger partial charge in [0, 0.05) is 13.1 Å². The van der Waals surface area contributed by atoms with E-state index in [1.807, 2.05) is 67.6 Å². The minimum Gasteiger partial charge on any atom is -0.496 e. The number of carbonyl (C=O) groups excluding carboxylic acids is 2. The van der Waals surface area contributed by atoms with Crippen molar-refractivity contribution in [2.75, 3.05) is 20.3 Å². The van der Waals surface area contributed by atoms with E-state index < -0.39 is 18.6 Å². The lowest BCUT2D eigenvalue weighted by atomic mass is 10.0. The Labute approximate surface area is 216 Å². The van der Waals surface area contributed by atoms with E-state index in [0.29, 0.717) is 37.2 Å². The summed E-state index contributed by atoms with van der Waals surface area (Å²) >= 11 is 0. The molecule has 1 unspecified atom stereocenters. The number of amides is 2. The number of aryl methyl sites for hydroxylation is 1. The van der Waals surface area contributed by atoms with E-state index in [-0.39, 0.29) is 11.7 Å². The van der Waals surface area contributed by atoms with Crippen LogP contribution in [0.25, 0.3) is 11.1 Å². The van der Waals surface area contributed by atoms with Gasteiger partial charge >= 0.3 is 0 Å². The van der Waals surface area contributed by atoms with Crippen LogP contribution in [0, 0.1) is 12.3 Å². The van der Waals surface area contributed by atoms with Crippen molar-refractivity contribution in [2.45, 2.75) is 32.4 Å². The highest BCUT2D eigenvalue weighted by Gasteiger charge is 2.23. The molecule has 0 bridgehead atoms. The summed E-state index contributed by atoms with van der Waals surface area (Å²) in [4.78, 5) is 26.5. The fourth-order valence-corrected chi connectivity index (χ4v) is 3.93. The lowest BCUT2D eigenvalue weighted by molar-refractivity contribution is -0.123. The van der Waals surface area contributed by atoms with Crippen LogP contribution in [0.5, 0.6) is 5.75 Å². The van der Waals surface area contributed by atoms with E-state index in [1.165, 1.54) is 7.11 Å². The molecule has 37 heavy (non-hydrogen) atoms. The van der Waals surface area contributed by atoms with Crippen molar-refractivity contribution < 1.29 is 18.7 Å². The maximum Gasteiger partial charge on any atom is 0.255 e. The minimum absolute atomic E-state index is 0.216. The third-order valence-corrected chi connectivity index (χ3v) is 5.86. The van der Waals surface area contributed by atoms with Gasteiger partial charge in [-0.05, 0) is 48.6 Å². The van der Waals surface area contributed by atoms with Gasteiger partial charge in [0.25, 0.3) is 5.91 Å². The monoisotopic (exact) mass is 504 g/mol. The highest BCUT2D eigenvalue weighted by molar-refractivity contribution is 6.00. The molecule has 1 atom stereocenters. The lowest BCUT2D eigenvalue weighted by Crippen LogP contribution is -2.47. The quantitative estimate of drug-likeness (QED) is 0.167. The summed E-state index contributed by atoms with van der Waals surface area (Å²) in [6.07, 6.45) is 0.755. The second-order valence-electron chi connectivity index (χ2n) is 8.70. The molecule has 0 saturated heterocycles. The number of nitrogens with one attached hydrogen (secondary N) is 4. The van der Waals surface area contributed by atoms with Crippen LogP contribution in [-0.4, -0.2) is 44.0 Å². The van der Waals surface area contributed by atoms with Crippen LogP contribution < -0.4 is 20.7 Å². The SMILES string of the molecule is COc1ccc(-c2ccccc2)cc1C(=O)NC(CCCNC(=N)CF)C(=O)NCc1cccc(C)c1. The molecule has 0 heterocycles. The van der Waals surface area contributed by atoms with E-state index in [4.69, 9.17) is 10.1 Å². The molecule has 0 aromatic heterocycles. The molecule has 0 radical (unpaired) electrons. The average molecular weight is 505 g/mol. The number of hydrogen-bond acceptors (Lipinski definition) is 4. The first-order valence-electron chi connectivity index (χ1n) is 12.2. The van der Waals surface area contributed by atoms with Crippen molar-refractivity contribution in [3.8, 4) is 16.9 Å². The zero-order valence-electron chi connectivity index (χ0n) is 21.1. The first-order valence-corrected chi connectivity index (χ1v) is 12.2. The largest absolute Gasteiger partial charge is 0.496 e. The number of amidine groups is 1. The van der Waals surface area contributed by atoms with Gasteiger partial charge < -0.3 is 20.7 Å². The van der Waals surface area contributed by atoms with Gasteiger partial charge in [-0.15, -0.1) is 0 Å². The Morgan fingerprint density at radius 3 is 2.46 bits per heavy atom. The van der Waals surface area contributed by atoms with Crippen molar-refractivity contribution >= 4 is 17.6 Å². The maximum absolute atomic E-state index is 13.4. The zero-order chi connectivity index (χ0) is 26.6. The Morgan fingerprint density at radius 2 is 1.76 bits per heavy atom. The standard InChI is InChI=1S/C29H33FN4O3/c1-20-8-6-9-21(16-20)19-33-29(36)25(12-7-15-32-27(31)18-30)34-28(35)24-17-23(13-14-26(24)37-2)22-10-4-3-5-11-22/h3-6,8-11,13-14,16-17,25H,7,12,15,18-19H2,1-2H3,(H2,31,32)(H,33,36)(H,34,35). The Balaban J connectivity index is 1.76. The van der Waals surface area contributed by atoms with Crippen LogP contribution in [0.15, 0.2) is 72.8 Å². The molecule has 4 N–H and O–H groups in total. The summed E-state index contributed by atoms with van der Waals surface area (Å²) in [6.45, 7) is 1.74. The number of halogens is 1. The smallest absolute Gasteiger partial charge is 0.255 e. The topological polar surface area (TPSA) is 103 Å². The van der Waals surface area contributed by atoms with Gasteiger partial charge in [-0.3, -0.25) is 15.0 Å². The van der Waals surface area contributed by atoms with Gasteiger partial charge in [0.1, 0.15) is 24.3 Å². The first kappa shape index (κ1) is 27.4. The van der Waals surface area contributed by atoms with Crippen LogP contribution in [0.3, 0.4) is 0 Å². The molecule has 3 rings (SSSR count). The zero-order valence-corrected chi connectivity index (χ0v) is 21.1. The van der Waals surface area contributed by atoms with Gasteiger partial charge in [-0.1, -0.05) is 66.2 Å². The van der Waals surface area contributed by atoms with Crippen LogP contribution >= 0.6 is 0 Å². The van der Waals surface area contributed by atoms with E-state index >= 15 is 0 Å². The van der Waals surface area contributed by atoms with E-state index in [2.05, 4.69) is 16.0 Å².